The van der Waals surface area contributed by atoms with Crippen LogP contribution < -0.4 is 19.5 Å². The number of nitrogens with one attached hydrogen (secondary N) is 1. The van der Waals surface area contributed by atoms with Crippen LogP contribution in [0, 0.1) is 11.3 Å². The molecule has 150 valence electrons. The molecule has 4 rings (SSSR count). The van der Waals surface area contributed by atoms with Crippen molar-refractivity contribution < 1.29 is 14.2 Å². The zero-order valence-corrected chi connectivity index (χ0v) is 16.5. The van der Waals surface area contributed by atoms with Crippen molar-refractivity contribution in [3.05, 3.63) is 89.8 Å². The summed E-state index contributed by atoms with van der Waals surface area (Å²) in [7, 11) is 1.58. The highest BCUT2D eigenvalue weighted by atomic mass is 16.6. The van der Waals surface area contributed by atoms with Crippen LogP contribution >= 0.6 is 0 Å². The number of ether oxygens (including phenoxy) is 3. The molecular weight excluding hydrogens is 378 g/mol. The number of allylic oxidation sites excluding steroid dienone is 1. The van der Waals surface area contributed by atoms with E-state index in [4.69, 9.17) is 14.2 Å². The summed E-state index contributed by atoms with van der Waals surface area (Å²) in [5.41, 5.74) is 3.46. The van der Waals surface area contributed by atoms with Gasteiger partial charge in [0.2, 0.25) is 5.88 Å². The lowest BCUT2D eigenvalue weighted by atomic mass is 10.1. The number of hydrogen-bond donors (Lipinski definition) is 1. The van der Waals surface area contributed by atoms with Crippen LogP contribution in [0.4, 0.5) is 5.69 Å². The number of hydrogen-bond acceptors (Lipinski definition) is 6. The molecule has 1 unspecified atom stereocenters. The van der Waals surface area contributed by atoms with Gasteiger partial charge in [0.1, 0.15) is 6.61 Å². The highest BCUT2D eigenvalue weighted by molar-refractivity contribution is 5.49. The Morgan fingerprint density at radius 2 is 2.07 bits per heavy atom. The molecule has 1 atom stereocenters. The van der Waals surface area contributed by atoms with Gasteiger partial charge in [-0.1, -0.05) is 24.3 Å². The summed E-state index contributed by atoms with van der Waals surface area (Å²) in [5.74, 6) is 1.91. The number of nitriles is 1. The van der Waals surface area contributed by atoms with Crippen molar-refractivity contribution in [1.29, 1.82) is 5.26 Å². The first-order valence-electron chi connectivity index (χ1n) is 9.58. The lowest BCUT2D eigenvalue weighted by molar-refractivity contribution is 0.0909. The van der Waals surface area contributed by atoms with E-state index < -0.39 is 0 Å². The van der Waals surface area contributed by atoms with Gasteiger partial charge in [0.05, 0.1) is 13.2 Å². The molecule has 1 aliphatic rings. The standard InChI is InChI=1S/C24H21N3O3/c1-28-24-10-8-19(15-27-24)23-16-29-22-12-17(7-9-21(22)30-23)11-18(13-25)14-26-20-5-3-2-4-6-20/h2-10,12,14-15,23,26H,11,16H2,1H3. The molecule has 6 nitrogen and oxygen atoms in total. The van der Waals surface area contributed by atoms with Crippen molar-refractivity contribution in [2.24, 2.45) is 0 Å². The maximum Gasteiger partial charge on any atom is 0.212 e. The van der Waals surface area contributed by atoms with Crippen molar-refractivity contribution in [2.75, 3.05) is 19.0 Å². The van der Waals surface area contributed by atoms with Crippen molar-refractivity contribution >= 4 is 5.69 Å². The van der Waals surface area contributed by atoms with Crippen LogP contribution in [0.5, 0.6) is 17.4 Å². The van der Waals surface area contributed by atoms with Crippen LogP contribution in [0.1, 0.15) is 17.2 Å². The Hall–Kier alpha value is -3.98. The van der Waals surface area contributed by atoms with Gasteiger partial charge >= 0.3 is 0 Å². The predicted molar refractivity (Wildman–Crippen MR) is 114 cm³/mol. The van der Waals surface area contributed by atoms with E-state index in [0.29, 0.717) is 36.0 Å². The van der Waals surface area contributed by atoms with Crippen LogP contribution in [-0.4, -0.2) is 18.7 Å². The zero-order valence-electron chi connectivity index (χ0n) is 16.5. The van der Waals surface area contributed by atoms with Gasteiger partial charge in [0, 0.05) is 41.7 Å². The van der Waals surface area contributed by atoms with Crippen molar-refractivity contribution in [2.45, 2.75) is 12.5 Å². The molecule has 0 saturated heterocycles. The first kappa shape index (κ1) is 19.3. The number of para-hydroxylation sites is 1. The van der Waals surface area contributed by atoms with Crippen LogP contribution in [0.3, 0.4) is 0 Å². The Kier molecular flexibility index (Phi) is 5.81. The molecule has 1 aliphatic heterocycles. The summed E-state index contributed by atoms with van der Waals surface area (Å²) in [6.07, 6.45) is 3.74. The first-order valence-corrected chi connectivity index (χ1v) is 9.58. The van der Waals surface area contributed by atoms with Gasteiger partial charge in [-0.2, -0.15) is 5.26 Å². The number of rotatable bonds is 6. The molecule has 30 heavy (non-hydrogen) atoms. The lowest BCUT2D eigenvalue weighted by Crippen LogP contribution is -2.21. The Labute approximate surface area is 175 Å². The first-order chi connectivity index (χ1) is 14.7. The van der Waals surface area contributed by atoms with Gasteiger partial charge in [0.15, 0.2) is 17.6 Å². The monoisotopic (exact) mass is 399 g/mol. The summed E-state index contributed by atoms with van der Waals surface area (Å²) in [6.45, 7) is 0.390. The fourth-order valence-corrected chi connectivity index (χ4v) is 3.14. The minimum atomic E-state index is -0.230. The smallest absolute Gasteiger partial charge is 0.212 e. The molecule has 0 aliphatic carbocycles. The van der Waals surface area contributed by atoms with E-state index in [1.165, 1.54) is 0 Å². The lowest BCUT2D eigenvalue weighted by Gasteiger charge is -2.27. The fraction of sp³-hybridized carbons (Fsp3) is 0.167. The second kappa shape index (κ2) is 9.01. The summed E-state index contributed by atoms with van der Waals surface area (Å²) < 4.78 is 17.1. The minimum Gasteiger partial charge on any atom is -0.485 e. The van der Waals surface area contributed by atoms with Gasteiger partial charge in [0.25, 0.3) is 0 Å². The summed E-state index contributed by atoms with van der Waals surface area (Å²) >= 11 is 0. The number of nitrogens with zero attached hydrogens (tertiary/aromatic N) is 2. The Morgan fingerprint density at radius 1 is 1.20 bits per heavy atom. The van der Waals surface area contributed by atoms with Crippen LogP contribution in [0.2, 0.25) is 0 Å². The number of pyridine rings is 1. The molecule has 0 amide bonds. The SMILES string of the molecule is COc1ccc(C2COc3cc(CC(C#N)=CNc4ccccc4)ccc3O2)cn1. The summed E-state index contributed by atoms with van der Waals surface area (Å²) in [5, 5.41) is 12.6. The number of methoxy groups -OCH3 is 1. The molecule has 1 N–H and O–H groups in total. The third kappa shape index (κ3) is 4.53. The topological polar surface area (TPSA) is 76.4 Å². The maximum absolute atomic E-state index is 9.47. The average Bonchev–Trinajstić information content (AvgIpc) is 2.82. The van der Waals surface area contributed by atoms with Crippen LogP contribution in [-0.2, 0) is 6.42 Å². The molecule has 0 saturated carbocycles. The van der Waals surface area contributed by atoms with Gasteiger partial charge in [-0.05, 0) is 35.9 Å². The molecular formula is C24H21N3O3. The van der Waals surface area contributed by atoms with Gasteiger partial charge in [-0.3, -0.25) is 0 Å². The van der Waals surface area contributed by atoms with Gasteiger partial charge < -0.3 is 19.5 Å². The number of anilines is 1. The second-order valence-electron chi connectivity index (χ2n) is 6.80. The fourth-order valence-electron chi connectivity index (χ4n) is 3.14. The highest BCUT2D eigenvalue weighted by Crippen LogP contribution is 2.37. The molecule has 0 spiro atoms. The molecule has 6 heteroatoms. The third-order valence-electron chi connectivity index (χ3n) is 4.73. The van der Waals surface area contributed by atoms with Crippen molar-refractivity contribution in [3.8, 4) is 23.4 Å². The van der Waals surface area contributed by atoms with E-state index in [9.17, 15) is 5.26 Å². The normalized spacial score (nSPS) is 15.2. The molecule has 3 aromatic rings. The molecule has 2 heterocycles. The number of fused-ring (bicyclic) bond motifs is 1. The molecule has 0 fully saturated rings. The van der Waals surface area contributed by atoms with E-state index in [2.05, 4.69) is 16.4 Å². The van der Waals surface area contributed by atoms with Gasteiger partial charge in [-0.15, -0.1) is 0 Å². The van der Waals surface area contributed by atoms with Gasteiger partial charge in [-0.25, -0.2) is 4.98 Å². The van der Waals surface area contributed by atoms with E-state index in [1.54, 1.807) is 25.6 Å². The largest absolute Gasteiger partial charge is 0.485 e. The Morgan fingerprint density at radius 3 is 2.80 bits per heavy atom. The quantitative estimate of drug-likeness (QED) is 0.607. The van der Waals surface area contributed by atoms with E-state index in [-0.39, 0.29) is 6.10 Å². The van der Waals surface area contributed by atoms with E-state index in [0.717, 1.165) is 16.8 Å². The zero-order chi connectivity index (χ0) is 20.8. The van der Waals surface area contributed by atoms with Crippen molar-refractivity contribution in [3.63, 3.8) is 0 Å². The minimum absolute atomic E-state index is 0.230. The number of benzene rings is 2. The summed E-state index contributed by atoms with van der Waals surface area (Å²) in [4.78, 5) is 4.22. The predicted octanol–water partition coefficient (Wildman–Crippen LogP) is 4.66. The van der Waals surface area contributed by atoms with Crippen LogP contribution in [0.25, 0.3) is 0 Å². The molecule has 2 aromatic carbocycles. The van der Waals surface area contributed by atoms with E-state index in [1.807, 2.05) is 54.6 Å². The summed E-state index contributed by atoms with van der Waals surface area (Å²) in [6, 6.07) is 21.5. The third-order valence-corrected chi connectivity index (χ3v) is 4.73. The molecule has 1 aromatic heterocycles. The average molecular weight is 399 g/mol. The molecule has 0 radical (unpaired) electrons. The maximum atomic E-state index is 9.47. The van der Waals surface area contributed by atoms with Crippen molar-refractivity contribution in [1.82, 2.24) is 4.98 Å². The Bertz CT molecular complexity index is 1070. The second-order valence-corrected chi connectivity index (χ2v) is 6.80. The Balaban J connectivity index is 1.43. The van der Waals surface area contributed by atoms with E-state index >= 15 is 0 Å². The highest BCUT2D eigenvalue weighted by Gasteiger charge is 2.23. The number of aromatic nitrogens is 1. The molecule has 0 bridgehead atoms. The van der Waals surface area contributed by atoms with Crippen LogP contribution in [0.15, 0.2) is 78.6 Å².